The Kier molecular flexibility index (Phi) is 9.89. The topological polar surface area (TPSA) is 44.9 Å². The fourth-order valence-corrected chi connectivity index (χ4v) is 8.72. The van der Waals surface area contributed by atoms with Gasteiger partial charge in [0.1, 0.15) is 17.3 Å². The Labute approximate surface area is 338 Å². The van der Waals surface area contributed by atoms with Crippen molar-refractivity contribution in [2.45, 2.75) is 93.9 Å². The van der Waals surface area contributed by atoms with Crippen LogP contribution in [-0.4, -0.2) is 19.3 Å². The molecule has 0 amide bonds. The van der Waals surface area contributed by atoms with Gasteiger partial charge in [-0.25, -0.2) is 9.67 Å². The minimum Gasteiger partial charge on any atom is -0.457 e. The number of benzene rings is 5. The zero-order valence-electron chi connectivity index (χ0n) is 35.3. The number of rotatable bonds is 9. The zero-order chi connectivity index (χ0) is 40.3. The van der Waals surface area contributed by atoms with E-state index in [1.807, 2.05) is 10.9 Å². The third-order valence-corrected chi connectivity index (χ3v) is 11.4. The van der Waals surface area contributed by atoms with Gasteiger partial charge in [0.2, 0.25) is 0 Å². The van der Waals surface area contributed by atoms with Crippen LogP contribution in [0.4, 0.5) is 0 Å². The lowest BCUT2D eigenvalue weighted by Crippen LogP contribution is -2.05. The molecule has 5 aromatic carbocycles. The molecule has 0 aliphatic rings. The Bertz CT molecular complexity index is 2760. The van der Waals surface area contributed by atoms with Crippen molar-refractivity contribution < 1.29 is 4.74 Å². The van der Waals surface area contributed by atoms with E-state index < -0.39 is 0 Å². The first kappa shape index (κ1) is 38.0. The molecule has 3 aromatic heterocycles. The van der Waals surface area contributed by atoms with Crippen molar-refractivity contribution in [3.05, 3.63) is 154 Å². The second-order valence-corrected chi connectivity index (χ2v) is 16.9. The van der Waals surface area contributed by atoms with E-state index in [9.17, 15) is 0 Å². The maximum Gasteiger partial charge on any atom is 0.138 e. The monoisotopic (exact) mass is 750 g/mol. The molecule has 5 heteroatoms. The van der Waals surface area contributed by atoms with Crippen molar-refractivity contribution in [1.82, 2.24) is 19.3 Å². The molecule has 0 unspecified atom stereocenters. The molecule has 0 spiro atoms. The molecule has 0 N–H and O–H groups in total. The Hall–Kier alpha value is -5.94. The first-order valence-electron chi connectivity index (χ1n) is 20.4. The van der Waals surface area contributed by atoms with Gasteiger partial charge in [-0.15, -0.1) is 0 Å². The minimum atomic E-state index is 0.378. The summed E-state index contributed by atoms with van der Waals surface area (Å²) >= 11 is 0. The SMILES string of the molecule is Cc1cc(C)cc(-c2c(C)nn(-c3cc(C)cc(Oc4ccc5c6ccccc6n(-c6cc(-c7c(C(C)C)cc(C(C)C)cc7C(C)C)ccn6)c5c4)c3)c2C)c1. The summed E-state index contributed by atoms with van der Waals surface area (Å²) in [4.78, 5) is 5.03. The van der Waals surface area contributed by atoms with Gasteiger partial charge in [0.15, 0.2) is 0 Å². The van der Waals surface area contributed by atoms with Crippen molar-refractivity contribution in [2.24, 2.45) is 0 Å². The lowest BCUT2D eigenvalue weighted by Gasteiger charge is -2.23. The molecule has 0 saturated carbocycles. The van der Waals surface area contributed by atoms with Crippen LogP contribution < -0.4 is 4.74 Å². The summed E-state index contributed by atoms with van der Waals surface area (Å²) in [6.07, 6.45) is 1.97. The smallest absolute Gasteiger partial charge is 0.138 e. The standard InChI is InChI=1S/C52H54N4O/c1-30(2)39-25-46(31(3)4)52(47(26-39)32(5)6)38-18-19-53-50(27-38)55-48-15-13-12-14-44(48)45-17-16-42(29-49(45)55)57-43-24-35(9)23-41(28-43)56-37(11)51(36(10)54-56)40-21-33(7)20-34(8)22-40/h12-32H,1-11H3. The van der Waals surface area contributed by atoms with E-state index in [1.165, 1.54) is 55.5 Å². The third kappa shape index (κ3) is 7.05. The second kappa shape index (κ2) is 14.9. The van der Waals surface area contributed by atoms with Gasteiger partial charge in [-0.05, 0) is 134 Å². The van der Waals surface area contributed by atoms with E-state index in [-0.39, 0.29) is 0 Å². The van der Waals surface area contributed by atoms with Crippen LogP contribution >= 0.6 is 0 Å². The van der Waals surface area contributed by atoms with Gasteiger partial charge in [-0.3, -0.25) is 4.57 Å². The molecule has 0 fully saturated rings. The van der Waals surface area contributed by atoms with E-state index in [0.29, 0.717) is 17.8 Å². The molecular formula is C52H54N4O. The summed E-state index contributed by atoms with van der Waals surface area (Å²) in [6, 6.07) is 37.4. The van der Waals surface area contributed by atoms with Gasteiger partial charge >= 0.3 is 0 Å². The minimum absolute atomic E-state index is 0.378. The largest absolute Gasteiger partial charge is 0.457 e. The van der Waals surface area contributed by atoms with Gasteiger partial charge in [0.25, 0.3) is 0 Å². The van der Waals surface area contributed by atoms with Crippen LogP contribution in [0.25, 0.3) is 55.6 Å². The maximum absolute atomic E-state index is 6.74. The molecule has 288 valence electrons. The maximum atomic E-state index is 6.74. The van der Waals surface area contributed by atoms with Crippen molar-refractivity contribution in [1.29, 1.82) is 0 Å². The first-order chi connectivity index (χ1) is 27.3. The highest BCUT2D eigenvalue weighted by Gasteiger charge is 2.21. The normalized spacial score (nSPS) is 11.9. The molecule has 0 aliphatic carbocycles. The van der Waals surface area contributed by atoms with Crippen LogP contribution in [-0.2, 0) is 0 Å². The summed E-state index contributed by atoms with van der Waals surface area (Å²) in [5.74, 6) is 3.63. The summed E-state index contributed by atoms with van der Waals surface area (Å²) < 4.78 is 11.1. The summed E-state index contributed by atoms with van der Waals surface area (Å²) in [7, 11) is 0. The van der Waals surface area contributed by atoms with Crippen LogP contribution in [0.2, 0.25) is 0 Å². The quantitative estimate of drug-likeness (QED) is 0.148. The number of fused-ring (bicyclic) bond motifs is 3. The average Bonchev–Trinajstić information content (AvgIpc) is 3.65. The lowest BCUT2D eigenvalue weighted by molar-refractivity contribution is 0.482. The number of hydrogen-bond donors (Lipinski definition) is 0. The first-order valence-corrected chi connectivity index (χ1v) is 20.4. The number of aromatic nitrogens is 4. The van der Waals surface area contributed by atoms with Gasteiger partial charge in [0.05, 0.1) is 22.4 Å². The highest BCUT2D eigenvalue weighted by molar-refractivity contribution is 6.09. The Morgan fingerprint density at radius 2 is 1.21 bits per heavy atom. The number of nitrogens with zero attached hydrogens (tertiary/aromatic N) is 4. The molecule has 0 aliphatic heterocycles. The lowest BCUT2D eigenvalue weighted by atomic mass is 9.82. The van der Waals surface area contributed by atoms with E-state index in [1.54, 1.807) is 0 Å². The van der Waals surface area contributed by atoms with Crippen LogP contribution in [0.15, 0.2) is 109 Å². The van der Waals surface area contributed by atoms with Crippen LogP contribution in [0.1, 0.15) is 104 Å². The van der Waals surface area contributed by atoms with E-state index in [2.05, 4.69) is 184 Å². The summed E-state index contributed by atoms with van der Waals surface area (Å²) in [5.41, 5.74) is 17.9. The molecule has 0 bridgehead atoms. The van der Waals surface area contributed by atoms with Gasteiger partial charge < -0.3 is 4.74 Å². The molecule has 3 heterocycles. The van der Waals surface area contributed by atoms with Crippen LogP contribution in [0.3, 0.4) is 0 Å². The molecule has 57 heavy (non-hydrogen) atoms. The fraction of sp³-hybridized carbons (Fsp3) is 0.269. The predicted octanol–water partition coefficient (Wildman–Crippen LogP) is 14.4. The molecule has 0 atom stereocenters. The van der Waals surface area contributed by atoms with Crippen LogP contribution in [0, 0.1) is 34.6 Å². The Morgan fingerprint density at radius 3 is 1.89 bits per heavy atom. The van der Waals surface area contributed by atoms with Gasteiger partial charge in [-0.1, -0.05) is 101 Å². The molecule has 8 aromatic rings. The second-order valence-electron chi connectivity index (χ2n) is 16.9. The molecule has 5 nitrogen and oxygen atoms in total. The van der Waals surface area contributed by atoms with Crippen LogP contribution in [0.5, 0.6) is 11.5 Å². The Morgan fingerprint density at radius 1 is 0.544 bits per heavy atom. The van der Waals surface area contributed by atoms with E-state index in [4.69, 9.17) is 14.8 Å². The molecule has 0 saturated heterocycles. The average molecular weight is 751 g/mol. The van der Waals surface area contributed by atoms with Crippen molar-refractivity contribution in [2.75, 3.05) is 0 Å². The number of pyridine rings is 1. The van der Waals surface area contributed by atoms with Crippen molar-refractivity contribution >= 4 is 21.8 Å². The van der Waals surface area contributed by atoms with Crippen molar-refractivity contribution in [3.8, 4) is 45.3 Å². The molecule has 0 radical (unpaired) electrons. The number of para-hydroxylation sites is 1. The highest BCUT2D eigenvalue weighted by atomic mass is 16.5. The van der Waals surface area contributed by atoms with E-state index >= 15 is 0 Å². The van der Waals surface area contributed by atoms with Crippen molar-refractivity contribution in [3.63, 3.8) is 0 Å². The number of aryl methyl sites for hydroxylation is 4. The summed E-state index contributed by atoms with van der Waals surface area (Å²) in [5, 5.41) is 7.37. The highest BCUT2D eigenvalue weighted by Crippen LogP contribution is 2.41. The predicted molar refractivity (Wildman–Crippen MR) is 239 cm³/mol. The summed E-state index contributed by atoms with van der Waals surface area (Å²) in [6.45, 7) is 24.5. The third-order valence-electron chi connectivity index (χ3n) is 11.4. The molecule has 8 rings (SSSR count). The number of ether oxygens (including phenoxy) is 1. The Balaban J connectivity index is 1.22. The van der Waals surface area contributed by atoms with Gasteiger partial charge in [-0.2, -0.15) is 5.10 Å². The van der Waals surface area contributed by atoms with E-state index in [0.717, 1.165) is 56.4 Å². The number of hydrogen-bond acceptors (Lipinski definition) is 3. The zero-order valence-corrected chi connectivity index (χ0v) is 35.3. The fourth-order valence-electron chi connectivity index (χ4n) is 8.72. The molecular weight excluding hydrogens is 697 g/mol. The van der Waals surface area contributed by atoms with Gasteiger partial charge in [0, 0.05) is 40.4 Å².